The van der Waals surface area contributed by atoms with E-state index < -0.39 is 21.9 Å². The maximum atomic E-state index is 12.9. The highest BCUT2D eigenvalue weighted by Crippen LogP contribution is 2.19. The zero-order valence-electron chi connectivity index (χ0n) is 18.0. The van der Waals surface area contributed by atoms with Gasteiger partial charge in [0.15, 0.2) is 5.69 Å². The number of nitrogens with one attached hydrogen (secondary N) is 2. The van der Waals surface area contributed by atoms with Crippen molar-refractivity contribution in [1.29, 1.82) is 0 Å². The molecular formula is C22H24N4O5S. The van der Waals surface area contributed by atoms with Crippen LogP contribution < -0.4 is 10.0 Å². The molecule has 2 aromatic carbocycles. The topological polar surface area (TPSA) is 119 Å². The second-order valence-corrected chi connectivity index (χ2v) is 8.62. The van der Waals surface area contributed by atoms with Gasteiger partial charge in [0, 0.05) is 24.0 Å². The van der Waals surface area contributed by atoms with E-state index in [2.05, 4.69) is 15.1 Å². The Morgan fingerprint density at radius 2 is 1.88 bits per heavy atom. The van der Waals surface area contributed by atoms with E-state index in [0.29, 0.717) is 16.9 Å². The molecule has 168 valence electrons. The van der Waals surface area contributed by atoms with Gasteiger partial charge >= 0.3 is 5.97 Å². The highest BCUT2D eigenvalue weighted by molar-refractivity contribution is 7.89. The van der Waals surface area contributed by atoms with E-state index in [-0.39, 0.29) is 29.3 Å². The summed E-state index contributed by atoms with van der Waals surface area (Å²) in [5.41, 5.74) is 2.17. The molecule has 0 unspecified atom stereocenters. The quantitative estimate of drug-likeness (QED) is 0.503. The zero-order chi connectivity index (χ0) is 23.3. The smallest absolute Gasteiger partial charge is 0.358 e. The summed E-state index contributed by atoms with van der Waals surface area (Å²) in [5.74, 6) is -0.959. The fraction of sp³-hybridized carbons (Fsp3) is 0.227. The summed E-state index contributed by atoms with van der Waals surface area (Å²) in [6.07, 6.45) is 1.62. The largest absolute Gasteiger partial charge is 0.461 e. The van der Waals surface area contributed by atoms with Gasteiger partial charge in [-0.05, 0) is 55.8 Å². The number of aryl methyl sites for hydroxylation is 1. The van der Waals surface area contributed by atoms with Crippen LogP contribution in [0.15, 0.2) is 59.6 Å². The van der Waals surface area contributed by atoms with Gasteiger partial charge in [0.05, 0.1) is 17.2 Å². The maximum absolute atomic E-state index is 12.9. The van der Waals surface area contributed by atoms with Crippen molar-refractivity contribution >= 4 is 27.6 Å². The monoisotopic (exact) mass is 456 g/mol. The molecule has 0 spiro atoms. The van der Waals surface area contributed by atoms with Crippen LogP contribution in [0, 0.1) is 6.92 Å². The molecule has 32 heavy (non-hydrogen) atoms. The molecule has 2 N–H and O–H groups in total. The number of carbonyl (C=O) groups excluding carboxylic acids is 2. The SMILES string of the molecule is CCNS(=O)(=O)c1ccc(C)c(C(=O)Nc2cccc(-n3ccc(C(=O)OCC)n3)c2)c1. The van der Waals surface area contributed by atoms with Crippen LogP contribution in [-0.2, 0) is 14.8 Å². The van der Waals surface area contributed by atoms with Crippen molar-refractivity contribution < 1.29 is 22.7 Å². The van der Waals surface area contributed by atoms with E-state index in [1.165, 1.54) is 16.8 Å². The van der Waals surface area contributed by atoms with Gasteiger partial charge in [-0.1, -0.05) is 19.1 Å². The molecule has 9 nitrogen and oxygen atoms in total. The van der Waals surface area contributed by atoms with Gasteiger partial charge in [0.1, 0.15) is 0 Å². The van der Waals surface area contributed by atoms with Crippen molar-refractivity contribution in [2.24, 2.45) is 0 Å². The summed E-state index contributed by atoms with van der Waals surface area (Å²) in [6.45, 7) is 5.63. The Kier molecular flexibility index (Phi) is 7.06. The fourth-order valence-corrected chi connectivity index (χ4v) is 4.06. The molecule has 1 amide bonds. The summed E-state index contributed by atoms with van der Waals surface area (Å²) < 4.78 is 33.4. The lowest BCUT2D eigenvalue weighted by atomic mass is 10.1. The van der Waals surface area contributed by atoms with Crippen LogP contribution in [0.3, 0.4) is 0 Å². The van der Waals surface area contributed by atoms with E-state index in [9.17, 15) is 18.0 Å². The first-order valence-corrected chi connectivity index (χ1v) is 11.5. The number of sulfonamides is 1. The van der Waals surface area contributed by atoms with Crippen LogP contribution in [0.2, 0.25) is 0 Å². The van der Waals surface area contributed by atoms with E-state index in [0.717, 1.165) is 0 Å². The first-order valence-electron chi connectivity index (χ1n) is 10.00. The average molecular weight is 457 g/mol. The number of hydrogen-bond donors (Lipinski definition) is 2. The molecule has 1 heterocycles. The number of hydrogen-bond acceptors (Lipinski definition) is 6. The predicted octanol–water partition coefficient (Wildman–Crippen LogP) is 2.91. The Bertz CT molecular complexity index is 1250. The molecule has 0 aliphatic rings. The van der Waals surface area contributed by atoms with Gasteiger partial charge in [-0.3, -0.25) is 4.79 Å². The summed E-state index contributed by atoms with van der Waals surface area (Å²) in [7, 11) is -3.69. The van der Waals surface area contributed by atoms with Crippen LogP contribution in [0.25, 0.3) is 5.69 Å². The first kappa shape index (κ1) is 23.2. The Labute approximate surface area is 186 Å². The Balaban J connectivity index is 1.83. The molecule has 0 bridgehead atoms. The van der Waals surface area contributed by atoms with Gasteiger partial charge in [-0.15, -0.1) is 0 Å². The minimum Gasteiger partial charge on any atom is -0.461 e. The second-order valence-electron chi connectivity index (χ2n) is 6.85. The third kappa shape index (κ3) is 5.21. The Hall–Kier alpha value is -3.50. The van der Waals surface area contributed by atoms with Crippen LogP contribution in [0.4, 0.5) is 5.69 Å². The molecule has 3 aromatic rings. The Morgan fingerprint density at radius 3 is 2.59 bits per heavy atom. The van der Waals surface area contributed by atoms with E-state index in [4.69, 9.17) is 4.74 Å². The third-order valence-corrected chi connectivity index (χ3v) is 6.08. The van der Waals surface area contributed by atoms with Gasteiger partial charge in [-0.2, -0.15) is 5.10 Å². The highest BCUT2D eigenvalue weighted by Gasteiger charge is 2.18. The maximum Gasteiger partial charge on any atom is 0.358 e. The van der Waals surface area contributed by atoms with Crippen molar-refractivity contribution in [3.63, 3.8) is 0 Å². The lowest BCUT2D eigenvalue weighted by Gasteiger charge is -2.11. The van der Waals surface area contributed by atoms with Crippen molar-refractivity contribution in [3.8, 4) is 5.69 Å². The normalized spacial score (nSPS) is 11.2. The molecule has 0 aliphatic carbocycles. The third-order valence-electron chi connectivity index (χ3n) is 4.54. The molecule has 3 rings (SSSR count). The van der Waals surface area contributed by atoms with Crippen LogP contribution in [0.5, 0.6) is 0 Å². The van der Waals surface area contributed by atoms with Gasteiger partial charge < -0.3 is 10.1 Å². The number of carbonyl (C=O) groups is 2. The lowest BCUT2D eigenvalue weighted by Crippen LogP contribution is -2.24. The predicted molar refractivity (Wildman–Crippen MR) is 120 cm³/mol. The van der Waals surface area contributed by atoms with Crippen molar-refractivity contribution in [2.75, 3.05) is 18.5 Å². The zero-order valence-corrected chi connectivity index (χ0v) is 18.8. The molecule has 0 saturated heterocycles. The summed E-state index contributed by atoms with van der Waals surface area (Å²) in [6, 6.07) is 12.8. The number of rotatable bonds is 8. The van der Waals surface area contributed by atoms with Gasteiger partial charge in [-0.25, -0.2) is 22.6 Å². The van der Waals surface area contributed by atoms with Crippen LogP contribution >= 0.6 is 0 Å². The number of esters is 1. The van der Waals surface area contributed by atoms with Gasteiger partial charge in [0.25, 0.3) is 5.91 Å². The molecule has 0 fully saturated rings. The number of ether oxygens (including phenoxy) is 1. The van der Waals surface area contributed by atoms with Crippen molar-refractivity contribution in [2.45, 2.75) is 25.7 Å². The van der Waals surface area contributed by atoms with E-state index >= 15 is 0 Å². The fourth-order valence-electron chi connectivity index (χ4n) is 2.99. The number of benzene rings is 2. The standard InChI is InChI=1S/C22H24N4O5S/c1-4-23-32(29,30)18-10-9-15(3)19(14-18)21(27)24-16-7-6-8-17(13-16)26-12-11-20(25-26)22(28)31-5-2/h6-14,23H,4-5H2,1-3H3,(H,24,27). The van der Waals surface area contributed by atoms with Crippen molar-refractivity contribution in [1.82, 2.24) is 14.5 Å². The minimum absolute atomic E-state index is 0.0203. The highest BCUT2D eigenvalue weighted by atomic mass is 32.2. The number of nitrogens with zero attached hydrogens (tertiary/aromatic N) is 2. The molecule has 0 saturated carbocycles. The number of anilines is 1. The number of amides is 1. The molecule has 0 radical (unpaired) electrons. The minimum atomic E-state index is -3.69. The Morgan fingerprint density at radius 1 is 1.09 bits per heavy atom. The lowest BCUT2D eigenvalue weighted by molar-refractivity contribution is 0.0518. The summed E-state index contributed by atoms with van der Waals surface area (Å²) in [5, 5.41) is 6.99. The molecule has 0 aliphatic heterocycles. The van der Waals surface area contributed by atoms with E-state index in [1.807, 2.05) is 0 Å². The average Bonchev–Trinajstić information content (AvgIpc) is 3.25. The van der Waals surface area contributed by atoms with Crippen LogP contribution in [-0.4, -0.2) is 43.2 Å². The second kappa shape index (κ2) is 9.75. The number of aromatic nitrogens is 2. The summed E-state index contributed by atoms with van der Waals surface area (Å²) in [4.78, 5) is 24.7. The first-order chi connectivity index (χ1) is 15.2. The molecule has 0 atom stereocenters. The van der Waals surface area contributed by atoms with E-state index in [1.54, 1.807) is 63.4 Å². The van der Waals surface area contributed by atoms with Gasteiger partial charge in [0.2, 0.25) is 10.0 Å². The summed E-state index contributed by atoms with van der Waals surface area (Å²) >= 11 is 0. The van der Waals surface area contributed by atoms with Crippen molar-refractivity contribution in [3.05, 3.63) is 71.5 Å². The molecule has 1 aromatic heterocycles. The molecular weight excluding hydrogens is 432 g/mol. The molecule has 10 heteroatoms. The van der Waals surface area contributed by atoms with Crippen LogP contribution in [0.1, 0.15) is 40.3 Å².